The van der Waals surface area contributed by atoms with Crippen LogP contribution in [0.15, 0.2) is 36.9 Å². The molecule has 1 saturated heterocycles. The van der Waals surface area contributed by atoms with Crippen LogP contribution in [-0.2, 0) is 19.1 Å². The van der Waals surface area contributed by atoms with Gasteiger partial charge in [-0.15, -0.1) is 6.58 Å². The minimum Gasteiger partial charge on any atom is -0.464 e. The van der Waals surface area contributed by atoms with Crippen molar-refractivity contribution in [1.29, 1.82) is 0 Å². The monoisotopic (exact) mass is 417 g/mol. The Bertz CT molecular complexity index is 870. The van der Waals surface area contributed by atoms with E-state index in [0.717, 1.165) is 0 Å². The smallest absolute Gasteiger partial charge is 0.338 e. The topological polar surface area (TPSA) is 137 Å². The first-order chi connectivity index (χ1) is 14.3. The molecule has 2 N–H and O–H groups in total. The van der Waals surface area contributed by atoms with Crippen molar-refractivity contribution in [1.82, 2.24) is 10.6 Å². The lowest BCUT2D eigenvalue weighted by Crippen LogP contribution is -2.51. The highest BCUT2D eigenvalue weighted by Gasteiger charge is 2.61. The highest BCUT2D eigenvalue weighted by Crippen LogP contribution is 2.45. The first-order valence-corrected chi connectivity index (χ1v) is 9.61. The third-order valence-electron chi connectivity index (χ3n) is 5.28. The van der Waals surface area contributed by atoms with E-state index in [1.54, 1.807) is 13.0 Å². The molecule has 0 aromatic heterocycles. The lowest BCUT2D eigenvalue weighted by Gasteiger charge is -2.20. The minimum absolute atomic E-state index is 0.126. The second kappa shape index (κ2) is 8.62. The maximum atomic E-state index is 12.7. The molecular formula is C20H23N3O7. The van der Waals surface area contributed by atoms with Crippen LogP contribution in [-0.4, -0.2) is 53.6 Å². The van der Waals surface area contributed by atoms with E-state index in [4.69, 9.17) is 9.47 Å². The molecular weight excluding hydrogens is 394 g/mol. The van der Waals surface area contributed by atoms with Gasteiger partial charge in [0.2, 0.25) is 5.91 Å². The summed E-state index contributed by atoms with van der Waals surface area (Å²) in [6.45, 7) is 5.86. The first-order valence-electron chi connectivity index (χ1n) is 9.61. The van der Waals surface area contributed by atoms with Crippen molar-refractivity contribution in [3.63, 3.8) is 0 Å². The number of nitro groups is 1. The second-order valence-electron chi connectivity index (χ2n) is 7.26. The van der Waals surface area contributed by atoms with Crippen molar-refractivity contribution in [3.8, 4) is 0 Å². The summed E-state index contributed by atoms with van der Waals surface area (Å²) >= 11 is 0. The van der Waals surface area contributed by atoms with Crippen LogP contribution in [0.3, 0.4) is 0 Å². The Hall–Kier alpha value is -3.27. The van der Waals surface area contributed by atoms with Crippen LogP contribution < -0.4 is 10.6 Å². The maximum Gasteiger partial charge on any atom is 0.338 e. The fourth-order valence-electron chi connectivity index (χ4n) is 3.50. The van der Waals surface area contributed by atoms with E-state index >= 15 is 0 Å². The summed E-state index contributed by atoms with van der Waals surface area (Å²) in [5, 5.41) is 16.4. The Kier molecular flexibility index (Phi) is 6.16. The van der Waals surface area contributed by atoms with Crippen molar-refractivity contribution in [3.05, 3.63) is 52.6 Å². The zero-order valence-corrected chi connectivity index (χ0v) is 16.5. The van der Waals surface area contributed by atoms with E-state index < -0.39 is 34.5 Å². The lowest BCUT2D eigenvalue weighted by molar-refractivity contribution is -0.384. The number of amides is 1. The SMILES string of the molecule is C=C[C@@H]1C[C@]1(NC(=O)[C@@H]1C[C@H](OC(=O)c2ccc([N+](=O)[O-])cc2)CN1)C(=O)OCC. The first kappa shape index (κ1) is 21.4. The summed E-state index contributed by atoms with van der Waals surface area (Å²) in [6.07, 6.45) is 1.75. The summed E-state index contributed by atoms with van der Waals surface area (Å²) < 4.78 is 10.5. The number of esters is 2. The average Bonchev–Trinajstić information content (AvgIpc) is 3.25. The number of hydrogen-bond acceptors (Lipinski definition) is 8. The second-order valence-corrected chi connectivity index (χ2v) is 7.26. The van der Waals surface area contributed by atoms with Crippen molar-refractivity contribution in [2.24, 2.45) is 5.92 Å². The number of nitro benzene ring substituents is 1. The zero-order chi connectivity index (χ0) is 21.9. The maximum absolute atomic E-state index is 12.7. The summed E-state index contributed by atoms with van der Waals surface area (Å²) in [4.78, 5) is 47.3. The summed E-state index contributed by atoms with van der Waals surface area (Å²) in [6, 6.07) is 4.45. The standard InChI is InChI=1S/C20H23N3O7/c1-3-13-10-20(13,19(26)29-4-2)22-17(24)16-9-15(11-21-16)30-18(25)12-5-7-14(8-6-12)23(27)28/h3,5-8,13,15-16,21H,1,4,9-11H2,2H3,(H,22,24)/t13-,15+,16+,20-/m1/s1. The summed E-state index contributed by atoms with van der Waals surface area (Å²) in [5.74, 6) is -1.67. The van der Waals surface area contributed by atoms with Crippen LogP contribution in [0.2, 0.25) is 0 Å². The molecule has 0 unspecified atom stereocenters. The number of nitrogens with zero attached hydrogens (tertiary/aromatic N) is 1. The number of hydrogen-bond donors (Lipinski definition) is 2. The van der Waals surface area contributed by atoms with Gasteiger partial charge in [0, 0.05) is 31.0 Å². The fourth-order valence-corrected chi connectivity index (χ4v) is 3.50. The van der Waals surface area contributed by atoms with Crippen LogP contribution in [0.1, 0.15) is 30.1 Å². The van der Waals surface area contributed by atoms with Crippen molar-refractivity contribution in [2.45, 2.75) is 37.5 Å². The number of rotatable bonds is 8. The van der Waals surface area contributed by atoms with Gasteiger partial charge >= 0.3 is 11.9 Å². The molecule has 3 rings (SSSR count). The fraction of sp³-hybridized carbons (Fsp3) is 0.450. The van der Waals surface area contributed by atoms with Crippen LogP contribution >= 0.6 is 0 Å². The lowest BCUT2D eigenvalue weighted by atomic mass is 10.1. The predicted octanol–water partition coefficient (Wildman–Crippen LogP) is 1.11. The number of carbonyl (C=O) groups is 3. The third-order valence-corrected chi connectivity index (χ3v) is 5.28. The van der Waals surface area contributed by atoms with E-state index in [2.05, 4.69) is 17.2 Å². The number of ether oxygens (including phenoxy) is 2. The van der Waals surface area contributed by atoms with E-state index in [1.807, 2.05) is 0 Å². The molecule has 4 atom stereocenters. The zero-order valence-electron chi connectivity index (χ0n) is 16.5. The van der Waals surface area contributed by atoms with Crippen molar-refractivity contribution >= 4 is 23.5 Å². The molecule has 1 aliphatic carbocycles. The third kappa shape index (κ3) is 4.33. The van der Waals surface area contributed by atoms with E-state index in [0.29, 0.717) is 6.42 Å². The largest absolute Gasteiger partial charge is 0.464 e. The minimum atomic E-state index is -1.08. The Morgan fingerprint density at radius 3 is 2.63 bits per heavy atom. The molecule has 10 nitrogen and oxygen atoms in total. The van der Waals surface area contributed by atoms with Gasteiger partial charge in [0.05, 0.1) is 23.1 Å². The van der Waals surface area contributed by atoms with E-state index in [1.165, 1.54) is 24.3 Å². The van der Waals surface area contributed by atoms with E-state index in [-0.39, 0.29) is 42.6 Å². The number of carbonyl (C=O) groups excluding carboxylic acids is 3. The van der Waals surface area contributed by atoms with E-state index in [9.17, 15) is 24.5 Å². The van der Waals surface area contributed by atoms with Gasteiger partial charge in [-0.25, -0.2) is 9.59 Å². The highest BCUT2D eigenvalue weighted by molar-refractivity contribution is 5.94. The van der Waals surface area contributed by atoms with Crippen molar-refractivity contribution in [2.75, 3.05) is 13.2 Å². The van der Waals surface area contributed by atoms with Crippen LogP contribution in [0.25, 0.3) is 0 Å². The molecule has 0 spiro atoms. The van der Waals surface area contributed by atoms with Gasteiger partial charge in [-0.1, -0.05) is 6.08 Å². The number of non-ortho nitro benzene ring substituents is 1. The Balaban J connectivity index is 1.55. The Labute approximate surface area is 172 Å². The summed E-state index contributed by atoms with van der Waals surface area (Å²) in [5.41, 5.74) is -1.02. The van der Waals surface area contributed by atoms with Gasteiger partial charge in [-0.3, -0.25) is 14.9 Å². The molecule has 10 heteroatoms. The molecule has 2 fully saturated rings. The Morgan fingerprint density at radius 1 is 1.37 bits per heavy atom. The Morgan fingerprint density at radius 2 is 2.07 bits per heavy atom. The quantitative estimate of drug-likeness (QED) is 0.278. The van der Waals surface area contributed by atoms with Crippen LogP contribution in [0.4, 0.5) is 5.69 Å². The molecule has 1 saturated carbocycles. The van der Waals surface area contributed by atoms with Crippen molar-refractivity contribution < 1.29 is 28.8 Å². The molecule has 1 aromatic rings. The van der Waals surface area contributed by atoms with Gasteiger partial charge in [-0.2, -0.15) is 0 Å². The molecule has 160 valence electrons. The molecule has 0 bridgehead atoms. The average molecular weight is 417 g/mol. The van der Waals surface area contributed by atoms with Gasteiger partial charge in [-0.05, 0) is 25.5 Å². The number of benzene rings is 1. The van der Waals surface area contributed by atoms with Gasteiger partial charge in [0.1, 0.15) is 11.6 Å². The van der Waals surface area contributed by atoms with Crippen LogP contribution in [0, 0.1) is 16.0 Å². The predicted molar refractivity (Wildman–Crippen MR) is 105 cm³/mol. The van der Waals surface area contributed by atoms with Gasteiger partial charge in [0.25, 0.3) is 5.69 Å². The molecule has 1 aliphatic heterocycles. The molecule has 1 heterocycles. The highest BCUT2D eigenvalue weighted by atomic mass is 16.6. The molecule has 30 heavy (non-hydrogen) atoms. The van der Waals surface area contributed by atoms with Crippen LogP contribution in [0.5, 0.6) is 0 Å². The normalized spacial score (nSPS) is 27.0. The molecule has 2 aliphatic rings. The molecule has 1 aromatic carbocycles. The number of nitrogens with one attached hydrogen (secondary N) is 2. The van der Waals surface area contributed by atoms with Gasteiger partial charge in [0.15, 0.2) is 0 Å². The summed E-state index contributed by atoms with van der Waals surface area (Å²) in [7, 11) is 0. The molecule has 0 radical (unpaired) electrons. The van der Waals surface area contributed by atoms with Gasteiger partial charge < -0.3 is 20.1 Å². The molecule has 1 amide bonds.